The van der Waals surface area contributed by atoms with Crippen LogP contribution in [0.25, 0.3) is 17.3 Å². The van der Waals surface area contributed by atoms with E-state index in [4.69, 9.17) is 16.3 Å². The van der Waals surface area contributed by atoms with Gasteiger partial charge in [0, 0.05) is 34.8 Å². The van der Waals surface area contributed by atoms with Gasteiger partial charge in [0.05, 0.1) is 0 Å². The van der Waals surface area contributed by atoms with Gasteiger partial charge in [0.2, 0.25) is 11.8 Å². The van der Waals surface area contributed by atoms with Gasteiger partial charge in [-0.2, -0.15) is 5.10 Å². The second-order valence-electron chi connectivity index (χ2n) is 6.11. The molecule has 0 radical (unpaired) electrons. The second-order valence-corrected chi connectivity index (χ2v) is 6.55. The van der Waals surface area contributed by atoms with Crippen LogP contribution in [0.1, 0.15) is 22.8 Å². The van der Waals surface area contributed by atoms with Crippen LogP contribution < -0.4 is 0 Å². The number of esters is 1. The lowest BCUT2D eigenvalue weighted by Gasteiger charge is -1.99. The highest BCUT2D eigenvalue weighted by atomic mass is 35.5. The van der Waals surface area contributed by atoms with Crippen LogP contribution >= 0.6 is 11.6 Å². The first-order valence-corrected chi connectivity index (χ1v) is 8.83. The maximum absolute atomic E-state index is 12.3. The van der Waals surface area contributed by atoms with Gasteiger partial charge in [-0.3, -0.25) is 4.79 Å². The Morgan fingerprint density at radius 2 is 1.86 bits per heavy atom. The number of aliphatic imine (C=N–C) groups is 1. The molecular formula is C21H14ClN3O3. The van der Waals surface area contributed by atoms with Gasteiger partial charge in [-0.25, -0.2) is 14.5 Å². The summed E-state index contributed by atoms with van der Waals surface area (Å²) >= 11 is 5.99. The van der Waals surface area contributed by atoms with Crippen molar-refractivity contribution in [2.24, 2.45) is 4.99 Å². The lowest BCUT2D eigenvalue weighted by atomic mass is 10.1. The molecule has 0 N–H and O–H groups in total. The van der Waals surface area contributed by atoms with Crippen LogP contribution in [0.2, 0.25) is 5.02 Å². The topological polar surface area (TPSA) is 73.6 Å². The van der Waals surface area contributed by atoms with Crippen molar-refractivity contribution in [3.05, 3.63) is 82.6 Å². The van der Waals surface area contributed by atoms with E-state index in [1.54, 1.807) is 36.5 Å². The Hall–Kier alpha value is -3.51. The highest BCUT2D eigenvalue weighted by Crippen LogP contribution is 2.26. The Morgan fingerprint density at radius 1 is 1.11 bits per heavy atom. The number of carbonyl (C=O) groups is 2. The maximum Gasteiger partial charge on any atom is 0.363 e. The summed E-state index contributed by atoms with van der Waals surface area (Å²) in [6.07, 6.45) is 3.13. The zero-order valence-electron chi connectivity index (χ0n) is 14.8. The minimum atomic E-state index is -0.579. The fourth-order valence-electron chi connectivity index (χ4n) is 2.78. The molecule has 0 fully saturated rings. The van der Waals surface area contributed by atoms with Crippen LogP contribution in [0.15, 0.2) is 71.5 Å². The van der Waals surface area contributed by atoms with Crippen LogP contribution in [-0.2, 0) is 9.53 Å². The minimum absolute atomic E-state index is 0.121. The van der Waals surface area contributed by atoms with Gasteiger partial charge >= 0.3 is 5.97 Å². The van der Waals surface area contributed by atoms with Crippen LogP contribution in [0.3, 0.4) is 0 Å². The largest absolute Gasteiger partial charge is 0.402 e. The lowest BCUT2D eigenvalue weighted by Crippen LogP contribution is -2.05. The molecular weight excluding hydrogens is 378 g/mol. The number of ether oxygens (including phenoxy) is 1. The second kappa shape index (κ2) is 7.25. The lowest BCUT2D eigenvalue weighted by molar-refractivity contribution is -0.129. The molecule has 0 bridgehead atoms. The molecule has 4 rings (SSSR count). The van der Waals surface area contributed by atoms with Crippen LogP contribution in [-0.4, -0.2) is 27.6 Å². The van der Waals surface area contributed by atoms with Gasteiger partial charge in [-0.15, -0.1) is 0 Å². The Morgan fingerprint density at radius 3 is 2.57 bits per heavy atom. The van der Waals surface area contributed by atoms with E-state index in [1.165, 1.54) is 11.6 Å². The number of nitrogens with zero attached hydrogens (tertiary/aromatic N) is 3. The van der Waals surface area contributed by atoms with Gasteiger partial charge in [0.25, 0.3) is 0 Å². The number of hydrogen-bond donors (Lipinski definition) is 0. The van der Waals surface area contributed by atoms with E-state index in [0.29, 0.717) is 21.8 Å². The van der Waals surface area contributed by atoms with Crippen molar-refractivity contribution in [3.63, 3.8) is 0 Å². The molecule has 2 aromatic carbocycles. The summed E-state index contributed by atoms with van der Waals surface area (Å²) < 4.78 is 6.51. The Bertz CT molecular complexity index is 1150. The quantitative estimate of drug-likeness (QED) is 0.495. The number of benzene rings is 2. The Labute approximate surface area is 165 Å². The number of carbonyl (C=O) groups excluding carboxylic acids is 2. The molecule has 0 amide bonds. The molecule has 2 heterocycles. The zero-order valence-corrected chi connectivity index (χ0v) is 15.6. The third-order valence-electron chi connectivity index (χ3n) is 4.10. The van der Waals surface area contributed by atoms with E-state index in [9.17, 15) is 9.59 Å². The maximum atomic E-state index is 12.3. The molecule has 1 aromatic heterocycles. The Balaban J connectivity index is 1.78. The number of aromatic nitrogens is 2. The van der Waals surface area contributed by atoms with Crippen molar-refractivity contribution >= 4 is 35.5 Å². The molecule has 0 saturated heterocycles. The molecule has 28 heavy (non-hydrogen) atoms. The molecule has 0 aliphatic carbocycles. The van der Waals surface area contributed by atoms with Crippen molar-refractivity contribution < 1.29 is 14.3 Å². The average molecular weight is 392 g/mol. The molecule has 6 nitrogen and oxygen atoms in total. The molecule has 3 aromatic rings. The Kier molecular flexibility index (Phi) is 4.63. The van der Waals surface area contributed by atoms with Crippen molar-refractivity contribution in [2.75, 3.05) is 0 Å². The highest BCUT2D eigenvalue weighted by molar-refractivity contribution is 6.31. The summed E-state index contributed by atoms with van der Waals surface area (Å²) in [6.45, 7) is 1.41. The first kappa shape index (κ1) is 17.9. The number of halogens is 1. The van der Waals surface area contributed by atoms with Gasteiger partial charge < -0.3 is 4.74 Å². The molecule has 0 atom stereocenters. The molecule has 7 heteroatoms. The third-order valence-corrected chi connectivity index (χ3v) is 4.33. The summed E-state index contributed by atoms with van der Waals surface area (Å²) in [4.78, 5) is 28.4. The normalized spacial score (nSPS) is 14.9. The summed E-state index contributed by atoms with van der Waals surface area (Å²) in [5.74, 6) is -0.637. The van der Waals surface area contributed by atoms with Crippen molar-refractivity contribution in [2.45, 2.75) is 6.92 Å². The monoisotopic (exact) mass is 391 g/mol. The standard InChI is InChI=1S/C21H14ClN3O3/c1-13(26)25-12-16(19(24-25)14-6-3-2-4-7-14)11-18-21(27)28-20(23-18)15-8-5-9-17(22)10-15/h2-12H,1H3/b18-11-. The third kappa shape index (κ3) is 3.50. The SMILES string of the molecule is CC(=O)n1cc(/C=C2\N=C(c3cccc(Cl)c3)OC2=O)c(-c2ccccc2)n1. The van der Waals surface area contributed by atoms with Crippen LogP contribution in [0.5, 0.6) is 0 Å². The van der Waals surface area contributed by atoms with E-state index in [2.05, 4.69) is 10.1 Å². The van der Waals surface area contributed by atoms with Gasteiger partial charge in [0.1, 0.15) is 5.69 Å². The first-order chi connectivity index (χ1) is 13.5. The fraction of sp³-hybridized carbons (Fsp3) is 0.0476. The number of cyclic esters (lactones) is 1. The summed E-state index contributed by atoms with van der Waals surface area (Å²) in [5.41, 5.74) is 2.70. The van der Waals surface area contributed by atoms with Crippen molar-refractivity contribution in [3.8, 4) is 11.3 Å². The minimum Gasteiger partial charge on any atom is -0.402 e. The van der Waals surface area contributed by atoms with E-state index in [0.717, 1.165) is 5.56 Å². The summed E-state index contributed by atoms with van der Waals surface area (Å²) in [6, 6.07) is 16.3. The van der Waals surface area contributed by atoms with Gasteiger partial charge in [-0.1, -0.05) is 48.0 Å². The fourth-order valence-corrected chi connectivity index (χ4v) is 2.97. The number of rotatable bonds is 3. The first-order valence-electron chi connectivity index (χ1n) is 8.46. The smallest absolute Gasteiger partial charge is 0.363 e. The zero-order chi connectivity index (χ0) is 19.7. The predicted octanol–water partition coefficient (Wildman–Crippen LogP) is 4.21. The van der Waals surface area contributed by atoms with Crippen molar-refractivity contribution in [1.82, 2.24) is 9.78 Å². The molecule has 1 aliphatic rings. The average Bonchev–Trinajstić information content (AvgIpc) is 3.27. The van der Waals surface area contributed by atoms with Gasteiger partial charge in [-0.05, 0) is 24.3 Å². The highest BCUT2D eigenvalue weighted by Gasteiger charge is 2.25. The molecule has 0 spiro atoms. The number of hydrogen-bond acceptors (Lipinski definition) is 5. The van der Waals surface area contributed by atoms with Crippen LogP contribution in [0, 0.1) is 0 Å². The summed E-state index contributed by atoms with van der Waals surface area (Å²) in [7, 11) is 0. The molecule has 1 aliphatic heterocycles. The molecule has 138 valence electrons. The van der Waals surface area contributed by atoms with E-state index < -0.39 is 5.97 Å². The van der Waals surface area contributed by atoms with E-state index >= 15 is 0 Å². The van der Waals surface area contributed by atoms with E-state index in [1.807, 2.05) is 30.3 Å². The molecule has 0 saturated carbocycles. The van der Waals surface area contributed by atoms with Crippen molar-refractivity contribution in [1.29, 1.82) is 0 Å². The predicted molar refractivity (Wildman–Crippen MR) is 106 cm³/mol. The van der Waals surface area contributed by atoms with E-state index in [-0.39, 0.29) is 17.5 Å². The molecule has 0 unspecified atom stereocenters. The summed E-state index contributed by atoms with van der Waals surface area (Å²) in [5, 5.41) is 4.86. The van der Waals surface area contributed by atoms with Crippen LogP contribution in [0.4, 0.5) is 0 Å². The van der Waals surface area contributed by atoms with Gasteiger partial charge in [0.15, 0.2) is 5.70 Å².